The van der Waals surface area contributed by atoms with E-state index in [0.717, 1.165) is 0 Å². The van der Waals surface area contributed by atoms with Gasteiger partial charge >= 0.3 is 0 Å². The van der Waals surface area contributed by atoms with E-state index in [2.05, 4.69) is 27.7 Å². The molecule has 0 heteroatoms. The Morgan fingerprint density at radius 1 is 1.07 bits per heavy atom. The average Bonchev–Trinajstić information content (AvgIpc) is 2.64. The van der Waals surface area contributed by atoms with Crippen molar-refractivity contribution in [3.8, 4) is 0 Å². The predicted molar refractivity (Wildman–Crippen MR) is 62.3 cm³/mol. The van der Waals surface area contributed by atoms with Crippen LogP contribution in [-0.2, 0) is 0 Å². The highest BCUT2D eigenvalue weighted by Gasteiger charge is 2.51. The van der Waals surface area contributed by atoms with Crippen LogP contribution in [-0.4, -0.2) is 0 Å². The molecular weight excluding hydrogens is 168 g/mol. The van der Waals surface area contributed by atoms with Gasteiger partial charge in [0, 0.05) is 5.41 Å². The van der Waals surface area contributed by atoms with Crippen molar-refractivity contribution < 1.29 is 0 Å². The second kappa shape index (κ2) is 3.12. The van der Waals surface area contributed by atoms with Crippen LogP contribution >= 0.6 is 0 Å². The summed E-state index contributed by atoms with van der Waals surface area (Å²) in [6, 6.07) is 0. The van der Waals surface area contributed by atoms with Crippen LogP contribution < -0.4 is 0 Å². The Morgan fingerprint density at radius 3 is 2.43 bits per heavy atom. The monoisotopic (exact) mass is 192 g/mol. The first kappa shape index (κ1) is 10.3. The van der Waals surface area contributed by atoms with E-state index in [1.165, 1.54) is 38.5 Å². The smallest absolute Gasteiger partial charge is 0.00756 e. The summed E-state index contributed by atoms with van der Waals surface area (Å²) in [5, 5.41) is 0. The molecule has 0 aromatic heterocycles. The lowest BCUT2D eigenvalue weighted by Gasteiger charge is -2.29. The molecule has 0 spiro atoms. The van der Waals surface area contributed by atoms with Gasteiger partial charge in [0.05, 0.1) is 0 Å². The van der Waals surface area contributed by atoms with E-state index in [9.17, 15) is 0 Å². The van der Waals surface area contributed by atoms with Crippen molar-refractivity contribution in [1.29, 1.82) is 0 Å². The van der Waals surface area contributed by atoms with Crippen LogP contribution in [0.15, 0.2) is 11.1 Å². The Morgan fingerprint density at radius 2 is 1.79 bits per heavy atom. The zero-order chi connectivity index (χ0) is 10.4. The van der Waals surface area contributed by atoms with Crippen LogP contribution in [0.25, 0.3) is 0 Å². The Bertz CT molecular complexity index is 270. The third-order valence-corrected chi connectivity index (χ3v) is 4.66. The SMILES string of the molecule is CCC1(C)CCCCCC2=C1C2(C)C. The quantitative estimate of drug-likeness (QED) is 0.528. The molecule has 14 heavy (non-hydrogen) atoms. The molecule has 0 radical (unpaired) electrons. The topological polar surface area (TPSA) is 0 Å². The first-order valence-electron chi connectivity index (χ1n) is 6.27. The zero-order valence-corrected chi connectivity index (χ0v) is 10.2. The van der Waals surface area contributed by atoms with E-state index in [4.69, 9.17) is 0 Å². The third-order valence-electron chi connectivity index (χ3n) is 4.66. The van der Waals surface area contributed by atoms with Crippen LogP contribution in [0.5, 0.6) is 0 Å². The molecule has 2 aliphatic rings. The van der Waals surface area contributed by atoms with Gasteiger partial charge in [0.15, 0.2) is 0 Å². The van der Waals surface area contributed by atoms with Gasteiger partial charge < -0.3 is 0 Å². The highest BCUT2D eigenvalue weighted by molar-refractivity contribution is 5.51. The average molecular weight is 192 g/mol. The van der Waals surface area contributed by atoms with Gasteiger partial charge in [-0.3, -0.25) is 0 Å². The van der Waals surface area contributed by atoms with Crippen molar-refractivity contribution in [2.75, 3.05) is 0 Å². The fraction of sp³-hybridized carbons (Fsp3) is 0.857. The molecule has 0 N–H and O–H groups in total. The Kier molecular flexibility index (Phi) is 2.28. The van der Waals surface area contributed by atoms with E-state index >= 15 is 0 Å². The van der Waals surface area contributed by atoms with Gasteiger partial charge in [-0.05, 0) is 31.1 Å². The lowest BCUT2D eigenvalue weighted by Crippen LogP contribution is -2.17. The molecular formula is C14H24. The minimum absolute atomic E-state index is 0.495. The first-order valence-corrected chi connectivity index (χ1v) is 6.27. The fourth-order valence-electron chi connectivity index (χ4n) is 3.57. The van der Waals surface area contributed by atoms with Gasteiger partial charge in [0.1, 0.15) is 0 Å². The molecule has 2 aliphatic carbocycles. The second-order valence-electron chi connectivity index (χ2n) is 5.95. The maximum absolute atomic E-state index is 2.49. The molecule has 2 rings (SSSR count). The molecule has 0 nitrogen and oxygen atoms in total. The van der Waals surface area contributed by atoms with E-state index < -0.39 is 0 Å². The third kappa shape index (κ3) is 1.34. The molecule has 0 aromatic rings. The molecule has 0 aromatic carbocycles. The summed E-state index contributed by atoms with van der Waals surface area (Å²) < 4.78 is 0. The Labute approximate surface area is 88.8 Å². The lowest BCUT2D eigenvalue weighted by molar-refractivity contribution is 0.322. The number of hydrogen-bond acceptors (Lipinski definition) is 0. The van der Waals surface area contributed by atoms with Crippen molar-refractivity contribution in [2.45, 2.75) is 66.2 Å². The van der Waals surface area contributed by atoms with E-state index in [0.29, 0.717) is 10.8 Å². The highest BCUT2D eigenvalue weighted by Crippen LogP contribution is 2.64. The summed E-state index contributed by atoms with van der Waals surface area (Å²) in [6.45, 7) is 9.71. The van der Waals surface area contributed by atoms with Gasteiger partial charge in [0.2, 0.25) is 0 Å². The first-order chi connectivity index (χ1) is 6.52. The molecule has 0 heterocycles. The van der Waals surface area contributed by atoms with Crippen LogP contribution in [0.1, 0.15) is 66.2 Å². The van der Waals surface area contributed by atoms with E-state index in [1.54, 1.807) is 5.57 Å². The molecule has 80 valence electrons. The predicted octanol–water partition coefficient (Wildman–Crippen LogP) is 4.70. The van der Waals surface area contributed by atoms with Crippen LogP contribution in [0.4, 0.5) is 0 Å². The normalized spacial score (nSPS) is 36.0. The maximum Gasteiger partial charge on any atom is 0.00756 e. The molecule has 0 saturated carbocycles. The van der Waals surface area contributed by atoms with Gasteiger partial charge in [-0.25, -0.2) is 0 Å². The number of allylic oxidation sites excluding steroid dienone is 2. The molecule has 0 amide bonds. The van der Waals surface area contributed by atoms with Crippen LogP contribution in [0.3, 0.4) is 0 Å². The minimum atomic E-state index is 0.495. The largest absolute Gasteiger partial charge is 0.0646 e. The summed E-state index contributed by atoms with van der Waals surface area (Å²) >= 11 is 0. The van der Waals surface area contributed by atoms with Crippen molar-refractivity contribution in [2.24, 2.45) is 10.8 Å². The van der Waals surface area contributed by atoms with Crippen molar-refractivity contribution >= 4 is 0 Å². The lowest BCUT2D eigenvalue weighted by atomic mass is 9.76. The molecule has 1 unspecified atom stereocenters. The zero-order valence-electron chi connectivity index (χ0n) is 10.2. The van der Waals surface area contributed by atoms with Crippen molar-refractivity contribution in [3.05, 3.63) is 11.1 Å². The maximum atomic E-state index is 2.49. The summed E-state index contributed by atoms with van der Waals surface area (Å²) in [6.07, 6.45) is 8.46. The van der Waals surface area contributed by atoms with Gasteiger partial charge in [-0.15, -0.1) is 0 Å². The van der Waals surface area contributed by atoms with Gasteiger partial charge in [-0.1, -0.05) is 51.7 Å². The molecule has 1 atom stereocenters. The number of rotatable bonds is 1. The summed E-state index contributed by atoms with van der Waals surface area (Å²) in [5.41, 5.74) is 4.67. The van der Waals surface area contributed by atoms with E-state index in [1.807, 2.05) is 5.57 Å². The summed E-state index contributed by atoms with van der Waals surface area (Å²) in [5.74, 6) is 0. The fourth-order valence-corrected chi connectivity index (χ4v) is 3.57. The van der Waals surface area contributed by atoms with Gasteiger partial charge in [0.25, 0.3) is 0 Å². The Balaban J connectivity index is 2.27. The number of hydrogen-bond donors (Lipinski definition) is 0. The molecule has 0 aliphatic heterocycles. The summed E-state index contributed by atoms with van der Waals surface area (Å²) in [4.78, 5) is 0. The van der Waals surface area contributed by atoms with Crippen molar-refractivity contribution in [3.63, 3.8) is 0 Å². The Hall–Kier alpha value is -0.260. The molecule has 0 fully saturated rings. The standard InChI is InChI=1S/C14H24/c1-5-14(4)10-8-6-7-9-11-12(14)13(11,2)3/h5-10H2,1-4H3. The van der Waals surface area contributed by atoms with Crippen LogP contribution in [0, 0.1) is 10.8 Å². The van der Waals surface area contributed by atoms with E-state index in [-0.39, 0.29) is 0 Å². The molecule has 0 saturated heterocycles. The minimum Gasteiger partial charge on any atom is -0.0646 e. The summed E-state index contributed by atoms with van der Waals surface area (Å²) in [7, 11) is 0. The second-order valence-corrected chi connectivity index (χ2v) is 5.95. The van der Waals surface area contributed by atoms with Gasteiger partial charge in [-0.2, -0.15) is 0 Å². The van der Waals surface area contributed by atoms with Crippen molar-refractivity contribution in [1.82, 2.24) is 0 Å². The van der Waals surface area contributed by atoms with Crippen LogP contribution in [0.2, 0.25) is 0 Å². The molecule has 0 bridgehead atoms. The highest BCUT2D eigenvalue weighted by atomic mass is 14.6.